The van der Waals surface area contributed by atoms with E-state index in [9.17, 15) is 9.90 Å². The van der Waals surface area contributed by atoms with Gasteiger partial charge >= 0.3 is 0 Å². The van der Waals surface area contributed by atoms with E-state index in [1.165, 1.54) is 24.0 Å². The summed E-state index contributed by atoms with van der Waals surface area (Å²) in [7, 11) is 0. The average molecular weight is 285 g/mol. The van der Waals surface area contributed by atoms with Crippen LogP contribution in [0.25, 0.3) is 10.9 Å². The second-order valence-corrected chi connectivity index (χ2v) is 5.14. The summed E-state index contributed by atoms with van der Waals surface area (Å²) in [6.45, 7) is 0. The highest BCUT2D eigenvalue weighted by atomic mass is 32.2. The van der Waals surface area contributed by atoms with E-state index in [2.05, 4.69) is 15.0 Å². The van der Waals surface area contributed by atoms with Gasteiger partial charge in [-0.1, -0.05) is 23.9 Å². The summed E-state index contributed by atoms with van der Waals surface area (Å²) in [5, 5.41) is 11.3. The second-order valence-electron chi connectivity index (χ2n) is 4.17. The van der Waals surface area contributed by atoms with Crippen molar-refractivity contribution >= 4 is 22.7 Å². The number of phenols is 1. The van der Waals surface area contributed by atoms with Gasteiger partial charge in [-0.25, -0.2) is 4.98 Å². The number of hydrogen-bond acceptors (Lipinski definition) is 5. The molecule has 2 N–H and O–H groups in total. The van der Waals surface area contributed by atoms with Crippen molar-refractivity contribution in [3.8, 4) is 5.75 Å². The number of phenolic OH excluding ortho intramolecular Hbond substituents is 1. The first kappa shape index (κ1) is 12.7. The molecule has 0 saturated carbocycles. The molecule has 0 saturated heterocycles. The third kappa shape index (κ3) is 2.50. The van der Waals surface area contributed by atoms with Gasteiger partial charge in [-0.05, 0) is 17.7 Å². The highest BCUT2D eigenvalue weighted by Crippen LogP contribution is 2.29. The second kappa shape index (κ2) is 5.34. The molecule has 2 heterocycles. The Kier molecular flexibility index (Phi) is 3.39. The Bertz CT molecular complexity index is 817. The lowest BCUT2D eigenvalue weighted by molar-refractivity contribution is 0.480. The molecule has 0 unspecified atom stereocenters. The van der Waals surface area contributed by atoms with Gasteiger partial charge in [-0.2, -0.15) is 0 Å². The molecule has 20 heavy (non-hydrogen) atoms. The van der Waals surface area contributed by atoms with E-state index in [1.807, 2.05) is 18.2 Å². The summed E-state index contributed by atoms with van der Waals surface area (Å²) in [5.74, 6) is 0.802. The molecule has 2 aromatic heterocycles. The molecule has 0 atom stereocenters. The molecule has 0 aliphatic heterocycles. The van der Waals surface area contributed by atoms with Gasteiger partial charge in [-0.15, -0.1) is 0 Å². The molecule has 3 rings (SSSR count). The zero-order valence-corrected chi connectivity index (χ0v) is 11.2. The van der Waals surface area contributed by atoms with Crippen molar-refractivity contribution in [2.45, 2.75) is 10.9 Å². The Labute approximate surface area is 118 Å². The molecule has 100 valence electrons. The van der Waals surface area contributed by atoms with Gasteiger partial charge in [0, 0.05) is 29.6 Å². The third-order valence-electron chi connectivity index (χ3n) is 2.85. The Hall–Kier alpha value is -2.34. The number of hydrogen-bond donors (Lipinski definition) is 2. The van der Waals surface area contributed by atoms with Gasteiger partial charge in [-0.3, -0.25) is 9.78 Å². The molecular formula is C14H11N3O2S. The van der Waals surface area contributed by atoms with E-state index in [1.54, 1.807) is 12.3 Å². The lowest BCUT2D eigenvalue weighted by Gasteiger charge is -2.06. The molecule has 0 radical (unpaired) electrons. The van der Waals surface area contributed by atoms with Gasteiger partial charge < -0.3 is 10.1 Å². The Morgan fingerprint density at radius 2 is 2.05 bits per heavy atom. The summed E-state index contributed by atoms with van der Waals surface area (Å²) in [6, 6.07) is 8.61. The van der Waals surface area contributed by atoms with Crippen molar-refractivity contribution in [3.05, 3.63) is 58.6 Å². The molecule has 1 aromatic carbocycles. The minimum Gasteiger partial charge on any atom is -0.506 e. The van der Waals surface area contributed by atoms with Gasteiger partial charge in [0.15, 0.2) is 5.16 Å². The van der Waals surface area contributed by atoms with Crippen molar-refractivity contribution in [1.29, 1.82) is 0 Å². The number of pyridine rings is 1. The van der Waals surface area contributed by atoms with Crippen molar-refractivity contribution in [2.24, 2.45) is 0 Å². The van der Waals surface area contributed by atoms with Crippen LogP contribution in [-0.4, -0.2) is 20.1 Å². The van der Waals surface area contributed by atoms with Crippen molar-refractivity contribution < 1.29 is 5.11 Å². The van der Waals surface area contributed by atoms with E-state index in [0.29, 0.717) is 16.4 Å². The Morgan fingerprint density at radius 3 is 2.90 bits per heavy atom. The minimum absolute atomic E-state index is 0.167. The van der Waals surface area contributed by atoms with E-state index >= 15 is 0 Å². The Morgan fingerprint density at radius 1 is 1.15 bits per heavy atom. The molecule has 0 amide bonds. The lowest BCUT2D eigenvalue weighted by atomic mass is 10.1. The maximum Gasteiger partial charge on any atom is 0.251 e. The normalized spacial score (nSPS) is 10.8. The van der Waals surface area contributed by atoms with Crippen LogP contribution in [0.4, 0.5) is 0 Å². The molecule has 0 spiro atoms. The number of thioether (sulfide) groups is 1. The summed E-state index contributed by atoms with van der Waals surface area (Å²) < 4.78 is 0. The summed E-state index contributed by atoms with van der Waals surface area (Å²) in [4.78, 5) is 22.1. The molecule has 0 bridgehead atoms. The first-order chi connectivity index (χ1) is 9.74. The van der Waals surface area contributed by atoms with Crippen LogP contribution in [0.15, 0.2) is 52.7 Å². The topological polar surface area (TPSA) is 78.9 Å². The van der Waals surface area contributed by atoms with Crippen LogP contribution in [0.1, 0.15) is 5.56 Å². The smallest absolute Gasteiger partial charge is 0.251 e. The molecule has 0 fully saturated rings. The van der Waals surface area contributed by atoms with E-state index in [-0.39, 0.29) is 11.3 Å². The number of aromatic hydroxyl groups is 1. The summed E-state index contributed by atoms with van der Waals surface area (Å²) >= 11 is 1.43. The van der Waals surface area contributed by atoms with Gasteiger partial charge in [0.25, 0.3) is 5.56 Å². The van der Waals surface area contributed by atoms with Gasteiger partial charge in [0.2, 0.25) is 0 Å². The zero-order chi connectivity index (χ0) is 13.9. The average Bonchev–Trinajstić information content (AvgIpc) is 2.47. The molecule has 0 aliphatic rings. The predicted molar refractivity (Wildman–Crippen MR) is 77.8 cm³/mol. The van der Waals surface area contributed by atoms with Crippen LogP contribution < -0.4 is 5.56 Å². The fraction of sp³-hybridized carbons (Fsp3) is 0.0714. The standard InChI is InChI=1S/C14H11N3O2S/c18-11-4-3-9(10-2-1-6-15-13(10)11)8-20-14-16-7-5-12(19)17-14/h1-7,18H,8H2,(H,16,17,19). The quantitative estimate of drug-likeness (QED) is 0.570. The van der Waals surface area contributed by atoms with Crippen LogP contribution >= 0.6 is 11.8 Å². The van der Waals surface area contributed by atoms with Crippen molar-refractivity contribution in [2.75, 3.05) is 0 Å². The van der Waals surface area contributed by atoms with E-state index in [4.69, 9.17) is 0 Å². The first-order valence-corrected chi connectivity index (χ1v) is 6.96. The fourth-order valence-corrected chi connectivity index (χ4v) is 2.77. The number of H-pyrrole nitrogens is 1. The number of aromatic amines is 1. The van der Waals surface area contributed by atoms with Crippen LogP contribution in [0.3, 0.4) is 0 Å². The lowest BCUT2D eigenvalue weighted by Crippen LogP contribution is -2.05. The number of benzene rings is 1. The highest BCUT2D eigenvalue weighted by Gasteiger charge is 2.07. The summed E-state index contributed by atoms with van der Waals surface area (Å²) in [5.41, 5.74) is 1.45. The SMILES string of the molecule is O=c1ccnc(SCc2ccc(O)c3ncccc23)[nH]1. The van der Waals surface area contributed by atoms with Crippen molar-refractivity contribution in [3.63, 3.8) is 0 Å². The maximum absolute atomic E-state index is 11.2. The van der Waals surface area contributed by atoms with E-state index in [0.717, 1.165) is 10.9 Å². The first-order valence-electron chi connectivity index (χ1n) is 5.98. The summed E-state index contributed by atoms with van der Waals surface area (Å²) in [6.07, 6.45) is 3.13. The number of rotatable bonds is 3. The third-order valence-corrected chi connectivity index (χ3v) is 3.79. The maximum atomic E-state index is 11.2. The molecule has 0 aliphatic carbocycles. The number of aromatic nitrogens is 3. The van der Waals surface area contributed by atoms with E-state index < -0.39 is 0 Å². The van der Waals surface area contributed by atoms with Crippen LogP contribution in [-0.2, 0) is 5.75 Å². The minimum atomic E-state index is -0.167. The van der Waals surface area contributed by atoms with Crippen LogP contribution in [0.2, 0.25) is 0 Å². The number of nitrogens with zero attached hydrogens (tertiary/aromatic N) is 2. The van der Waals surface area contributed by atoms with Crippen molar-refractivity contribution in [1.82, 2.24) is 15.0 Å². The molecular weight excluding hydrogens is 274 g/mol. The molecule has 5 nitrogen and oxygen atoms in total. The monoisotopic (exact) mass is 285 g/mol. The zero-order valence-electron chi connectivity index (χ0n) is 10.4. The number of nitrogens with one attached hydrogen (secondary N) is 1. The predicted octanol–water partition coefficient (Wildman–Crippen LogP) is 2.32. The van der Waals surface area contributed by atoms with Gasteiger partial charge in [0.1, 0.15) is 11.3 Å². The fourth-order valence-electron chi connectivity index (χ4n) is 1.91. The number of fused-ring (bicyclic) bond motifs is 1. The largest absolute Gasteiger partial charge is 0.506 e. The van der Waals surface area contributed by atoms with Crippen LogP contribution in [0, 0.1) is 0 Å². The molecule has 3 aromatic rings. The van der Waals surface area contributed by atoms with Gasteiger partial charge in [0.05, 0.1) is 0 Å². The Balaban J connectivity index is 1.92. The highest BCUT2D eigenvalue weighted by molar-refractivity contribution is 7.98. The molecule has 6 heteroatoms. The van der Waals surface area contributed by atoms with Crippen LogP contribution in [0.5, 0.6) is 5.75 Å².